The summed E-state index contributed by atoms with van der Waals surface area (Å²) in [5, 5.41) is 2.91. The maximum atomic E-state index is 12.4. The molecule has 0 spiro atoms. The van der Waals surface area contributed by atoms with Gasteiger partial charge in [0, 0.05) is 30.3 Å². The lowest BCUT2D eigenvalue weighted by Crippen LogP contribution is -2.17. The number of nitrogens with one attached hydrogen (secondary N) is 1. The largest absolute Gasteiger partial charge is 0.376 e. The van der Waals surface area contributed by atoms with Gasteiger partial charge in [-0.2, -0.15) is 0 Å². The number of halogens is 1. The van der Waals surface area contributed by atoms with Crippen molar-refractivity contribution >= 4 is 33.2 Å². The van der Waals surface area contributed by atoms with Gasteiger partial charge in [0.25, 0.3) is 5.91 Å². The summed E-state index contributed by atoms with van der Waals surface area (Å²) in [7, 11) is 3.85. The Labute approximate surface area is 127 Å². The van der Waals surface area contributed by atoms with E-state index in [-0.39, 0.29) is 5.91 Å². The van der Waals surface area contributed by atoms with Gasteiger partial charge in [0.2, 0.25) is 0 Å². The lowest BCUT2D eigenvalue weighted by atomic mass is 10.1. The van der Waals surface area contributed by atoms with Crippen molar-refractivity contribution in [1.29, 1.82) is 0 Å². The lowest BCUT2D eigenvalue weighted by Gasteiger charge is -2.17. The molecule has 0 bridgehead atoms. The Morgan fingerprint density at radius 3 is 2.75 bits per heavy atom. The summed E-state index contributed by atoms with van der Waals surface area (Å²) in [6.07, 6.45) is 3.36. The molecular formula is C15H16BrN3O. The molecule has 20 heavy (non-hydrogen) atoms. The number of hydrogen-bond donors (Lipinski definition) is 1. The molecule has 0 aliphatic heterocycles. The minimum atomic E-state index is -0.139. The number of nitrogens with zero attached hydrogens (tertiary/aromatic N) is 2. The number of anilines is 2. The van der Waals surface area contributed by atoms with Crippen LogP contribution in [0.3, 0.4) is 0 Å². The van der Waals surface area contributed by atoms with E-state index in [9.17, 15) is 4.79 Å². The average Bonchev–Trinajstić information content (AvgIpc) is 2.41. The standard InChI is InChI=1S/C15H16BrN3O/c1-10-4-5-11(16)8-12(10)15(20)18-13-9-17-7-6-14(13)19(2)3/h4-9H,1-3H3,(H,18,20). The highest BCUT2D eigenvalue weighted by molar-refractivity contribution is 9.10. The van der Waals surface area contributed by atoms with Gasteiger partial charge < -0.3 is 10.2 Å². The van der Waals surface area contributed by atoms with E-state index < -0.39 is 0 Å². The summed E-state index contributed by atoms with van der Waals surface area (Å²) < 4.78 is 0.882. The molecule has 2 rings (SSSR count). The summed E-state index contributed by atoms with van der Waals surface area (Å²) >= 11 is 3.39. The summed E-state index contributed by atoms with van der Waals surface area (Å²) in [5.41, 5.74) is 3.19. The first-order valence-corrected chi connectivity index (χ1v) is 6.97. The summed E-state index contributed by atoms with van der Waals surface area (Å²) in [5.74, 6) is -0.139. The minimum absolute atomic E-state index is 0.139. The molecule has 0 aliphatic rings. The van der Waals surface area contributed by atoms with Crippen LogP contribution in [0.1, 0.15) is 15.9 Å². The normalized spacial score (nSPS) is 10.2. The van der Waals surface area contributed by atoms with E-state index in [4.69, 9.17) is 0 Å². The molecule has 0 saturated carbocycles. The number of rotatable bonds is 3. The molecule has 2 aromatic rings. The molecule has 1 amide bonds. The van der Waals surface area contributed by atoms with Gasteiger partial charge in [-0.15, -0.1) is 0 Å². The first kappa shape index (κ1) is 14.5. The third-order valence-corrected chi connectivity index (χ3v) is 3.47. The van der Waals surface area contributed by atoms with Gasteiger partial charge in [-0.3, -0.25) is 9.78 Å². The number of pyridine rings is 1. The zero-order valence-corrected chi connectivity index (χ0v) is 13.2. The number of aromatic nitrogens is 1. The van der Waals surface area contributed by atoms with Crippen LogP contribution in [0, 0.1) is 6.92 Å². The van der Waals surface area contributed by atoms with Crippen molar-refractivity contribution in [2.24, 2.45) is 0 Å². The number of aryl methyl sites for hydroxylation is 1. The number of carbonyl (C=O) groups is 1. The molecule has 4 nitrogen and oxygen atoms in total. The lowest BCUT2D eigenvalue weighted by molar-refractivity contribution is 0.102. The zero-order chi connectivity index (χ0) is 14.7. The highest BCUT2D eigenvalue weighted by atomic mass is 79.9. The Balaban J connectivity index is 2.31. The maximum Gasteiger partial charge on any atom is 0.256 e. The number of amides is 1. The molecule has 1 N–H and O–H groups in total. The molecule has 5 heteroatoms. The first-order chi connectivity index (χ1) is 9.49. The predicted molar refractivity (Wildman–Crippen MR) is 85.4 cm³/mol. The van der Waals surface area contributed by atoms with Crippen LogP contribution >= 0.6 is 15.9 Å². The van der Waals surface area contributed by atoms with Gasteiger partial charge >= 0.3 is 0 Å². The van der Waals surface area contributed by atoms with E-state index in [1.54, 1.807) is 12.4 Å². The van der Waals surface area contributed by atoms with Crippen molar-refractivity contribution in [1.82, 2.24) is 4.98 Å². The molecule has 0 radical (unpaired) electrons. The second-order valence-electron chi connectivity index (χ2n) is 4.70. The molecule has 1 aromatic heterocycles. The van der Waals surface area contributed by atoms with Gasteiger partial charge in [-0.1, -0.05) is 22.0 Å². The van der Waals surface area contributed by atoms with Crippen LogP contribution in [0.2, 0.25) is 0 Å². The summed E-state index contributed by atoms with van der Waals surface area (Å²) in [6, 6.07) is 7.51. The molecule has 104 valence electrons. The molecule has 0 unspecified atom stereocenters. The first-order valence-electron chi connectivity index (χ1n) is 6.18. The average molecular weight is 334 g/mol. The Morgan fingerprint density at radius 1 is 1.30 bits per heavy atom. The molecule has 1 heterocycles. The maximum absolute atomic E-state index is 12.4. The van der Waals surface area contributed by atoms with Crippen LogP contribution in [-0.2, 0) is 0 Å². The fraction of sp³-hybridized carbons (Fsp3) is 0.200. The molecule has 0 saturated heterocycles. The van der Waals surface area contributed by atoms with E-state index in [0.717, 1.165) is 15.7 Å². The predicted octanol–water partition coefficient (Wildman–Crippen LogP) is 3.47. The third kappa shape index (κ3) is 3.17. The van der Waals surface area contributed by atoms with Crippen LogP contribution in [0.5, 0.6) is 0 Å². The fourth-order valence-corrected chi connectivity index (χ4v) is 2.26. The smallest absolute Gasteiger partial charge is 0.256 e. The summed E-state index contributed by atoms with van der Waals surface area (Å²) in [4.78, 5) is 18.4. The van der Waals surface area contributed by atoms with E-state index in [1.807, 2.05) is 50.2 Å². The van der Waals surface area contributed by atoms with Crippen LogP contribution in [0.15, 0.2) is 41.1 Å². The SMILES string of the molecule is Cc1ccc(Br)cc1C(=O)Nc1cnccc1N(C)C. The van der Waals surface area contributed by atoms with Crippen LogP contribution < -0.4 is 10.2 Å². The Bertz CT molecular complexity index is 641. The second-order valence-corrected chi connectivity index (χ2v) is 5.62. The summed E-state index contributed by atoms with van der Waals surface area (Å²) in [6.45, 7) is 1.91. The van der Waals surface area contributed by atoms with E-state index >= 15 is 0 Å². The highest BCUT2D eigenvalue weighted by Gasteiger charge is 2.12. The number of hydrogen-bond acceptors (Lipinski definition) is 3. The molecule has 0 aliphatic carbocycles. The topological polar surface area (TPSA) is 45.2 Å². The Morgan fingerprint density at radius 2 is 2.05 bits per heavy atom. The van der Waals surface area contributed by atoms with Crippen molar-refractivity contribution in [3.05, 3.63) is 52.3 Å². The quantitative estimate of drug-likeness (QED) is 0.935. The van der Waals surface area contributed by atoms with Crippen molar-refractivity contribution in [2.75, 3.05) is 24.3 Å². The fourth-order valence-electron chi connectivity index (χ4n) is 1.90. The monoisotopic (exact) mass is 333 g/mol. The van der Waals surface area contributed by atoms with Crippen molar-refractivity contribution in [2.45, 2.75) is 6.92 Å². The molecular weight excluding hydrogens is 318 g/mol. The van der Waals surface area contributed by atoms with E-state index in [2.05, 4.69) is 26.2 Å². The van der Waals surface area contributed by atoms with Crippen molar-refractivity contribution < 1.29 is 4.79 Å². The molecule has 0 fully saturated rings. The van der Waals surface area contributed by atoms with E-state index in [0.29, 0.717) is 11.3 Å². The third-order valence-electron chi connectivity index (χ3n) is 2.97. The number of benzene rings is 1. The highest BCUT2D eigenvalue weighted by Crippen LogP contribution is 2.24. The second kappa shape index (κ2) is 6.05. The van der Waals surface area contributed by atoms with Crippen LogP contribution in [-0.4, -0.2) is 25.0 Å². The zero-order valence-electron chi connectivity index (χ0n) is 11.6. The van der Waals surface area contributed by atoms with Gasteiger partial charge in [0.15, 0.2) is 0 Å². The Kier molecular flexibility index (Phi) is 4.39. The molecule has 0 atom stereocenters. The van der Waals surface area contributed by atoms with E-state index in [1.165, 1.54) is 0 Å². The molecule has 1 aromatic carbocycles. The van der Waals surface area contributed by atoms with Crippen LogP contribution in [0.25, 0.3) is 0 Å². The van der Waals surface area contributed by atoms with Gasteiger partial charge in [-0.25, -0.2) is 0 Å². The number of carbonyl (C=O) groups excluding carboxylic acids is 1. The van der Waals surface area contributed by atoms with Gasteiger partial charge in [0.05, 0.1) is 17.6 Å². The minimum Gasteiger partial charge on any atom is -0.376 e. The van der Waals surface area contributed by atoms with Crippen molar-refractivity contribution in [3.8, 4) is 0 Å². The Hall–Kier alpha value is -1.88. The van der Waals surface area contributed by atoms with Gasteiger partial charge in [0.1, 0.15) is 0 Å². The van der Waals surface area contributed by atoms with Gasteiger partial charge in [-0.05, 0) is 30.7 Å². The van der Waals surface area contributed by atoms with Crippen molar-refractivity contribution in [3.63, 3.8) is 0 Å². The van der Waals surface area contributed by atoms with Crippen LogP contribution in [0.4, 0.5) is 11.4 Å².